The standard InChI is InChI=1S/C17H19N3O2/c1-2-3-11-18-16(21)17(22)20-19-12-14-9-6-8-13-7-4-5-10-15(13)14/h4-10,12H,2-3,11H2,1H3,(H,18,21)(H,20,22). The number of benzene rings is 2. The first-order valence-corrected chi connectivity index (χ1v) is 7.31. The van der Waals surface area contributed by atoms with Gasteiger partial charge in [0.15, 0.2) is 0 Å². The molecule has 0 saturated heterocycles. The summed E-state index contributed by atoms with van der Waals surface area (Å²) >= 11 is 0. The molecule has 2 N–H and O–H groups in total. The fourth-order valence-corrected chi connectivity index (χ4v) is 2.03. The Bertz CT molecular complexity index is 690. The molecule has 0 spiro atoms. The Labute approximate surface area is 129 Å². The van der Waals surface area contributed by atoms with Gasteiger partial charge in [0.25, 0.3) is 0 Å². The smallest absolute Gasteiger partial charge is 0.329 e. The maximum atomic E-state index is 11.6. The molecule has 5 heteroatoms. The van der Waals surface area contributed by atoms with Gasteiger partial charge in [-0.15, -0.1) is 0 Å². The van der Waals surface area contributed by atoms with Gasteiger partial charge in [0.2, 0.25) is 0 Å². The third kappa shape index (κ3) is 4.15. The molecule has 2 aromatic carbocycles. The lowest BCUT2D eigenvalue weighted by molar-refractivity contribution is -0.139. The van der Waals surface area contributed by atoms with Gasteiger partial charge in [0, 0.05) is 12.1 Å². The summed E-state index contributed by atoms with van der Waals surface area (Å²) in [5.74, 6) is -1.42. The van der Waals surface area contributed by atoms with Gasteiger partial charge < -0.3 is 5.32 Å². The molecule has 2 rings (SSSR count). The van der Waals surface area contributed by atoms with E-state index in [1.807, 2.05) is 49.4 Å². The highest BCUT2D eigenvalue weighted by Gasteiger charge is 2.10. The van der Waals surface area contributed by atoms with Crippen LogP contribution in [0.4, 0.5) is 0 Å². The number of hydrogen-bond donors (Lipinski definition) is 2. The third-order valence-electron chi connectivity index (χ3n) is 3.22. The minimum absolute atomic E-state index is 0.496. The predicted octanol–water partition coefficient (Wildman–Crippen LogP) is 2.21. The molecule has 0 radical (unpaired) electrons. The molecular formula is C17H19N3O2. The van der Waals surface area contributed by atoms with Crippen molar-refractivity contribution >= 4 is 28.8 Å². The van der Waals surface area contributed by atoms with Crippen LogP contribution in [0, 0.1) is 0 Å². The Kier molecular flexibility index (Phi) is 5.65. The third-order valence-corrected chi connectivity index (χ3v) is 3.22. The number of hydrogen-bond acceptors (Lipinski definition) is 3. The number of nitrogens with one attached hydrogen (secondary N) is 2. The minimum atomic E-state index is -0.757. The summed E-state index contributed by atoms with van der Waals surface area (Å²) in [6.07, 6.45) is 3.35. The molecule has 5 nitrogen and oxygen atoms in total. The van der Waals surface area contributed by atoms with Gasteiger partial charge in [-0.25, -0.2) is 5.43 Å². The van der Waals surface area contributed by atoms with E-state index in [1.54, 1.807) is 6.21 Å². The van der Waals surface area contributed by atoms with E-state index in [0.29, 0.717) is 6.54 Å². The molecule has 0 aliphatic heterocycles. The van der Waals surface area contributed by atoms with Crippen molar-refractivity contribution < 1.29 is 9.59 Å². The second kappa shape index (κ2) is 7.93. The van der Waals surface area contributed by atoms with Gasteiger partial charge in [-0.2, -0.15) is 5.10 Å². The summed E-state index contributed by atoms with van der Waals surface area (Å²) < 4.78 is 0. The van der Waals surface area contributed by atoms with Crippen molar-refractivity contribution in [3.63, 3.8) is 0 Å². The maximum absolute atomic E-state index is 11.6. The summed E-state index contributed by atoms with van der Waals surface area (Å²) in [6, 6.07) is 13.7. The zero-order chi connectivity index (χ0) is 15.8. The average molecular weight is 297 g/mol. The van der Waals surface area contributed by atoms with Crippen molar-refractivity contribution in [2.45, 2.75) is 19.8 Å². The normalized spacial score (nSPS) is 10.8. The molecule has 0 bridgehead atoms. The highest BCUT2D eigenvalue weighted by molar-refractivity contribution is 6.35. The van der Waals surface area contributed by atoms with Gasteiger partial charge in [-0.1, -0.05) is 55.8 Å². The summed E-state index contributed by atoms with van der Waals surface area (Å²) in [7, 11) is 0. The Morgan fingerprint density at radius 3 is 2.68 bits per heavy atom. The SMILES string of the molecule is CCCCNC(=O)C(=O)NN=Cc1cccc2ccccc12. The summed E-state index contributed by atoms with van der Waals surface area (Å²) in [5.41, 5.74) is 3.12. The average Bonchev–Trinajstić information content (AvgIpc) is 2.55. The second-order valence-electron chi connectivity index (χ2n) is 4.88. The number of carbonyl (C=O) groups is 2. The van der Waals surface area contributed by atoms with Gasteiger partial charge in [-0.05, 0) is 17.2 Å². The first kappa shape index (κ1) is 15.7. The van der Waals surface area contributed by atoms with Crippen molar-refractivity contribution in [1.29, 1.82) is 0 Å². The first-order valence-electron chi connectivity index (χ1n) is 7.31. The van der Waals surface area contributed by atoms with Crippen molar-refractivity contribution in [1.82, 2.24) is 10.7 Å². The van der Waals surface area contributed by atoms with E-state index < -0.39 is 11.8 Å². The summed E-state index contributed by atoms with van der Waals surface area (Å²) in [6.45, 7) is 2.51. The van der Waals surface area contributed by atoms with E-state index in [2.05, 4.69) is 15.8 Å². The Hall–Kier alpha value is -2.69. The van der Waals surface area contributed by atoms with Gasteiger partial charge in [0.05, 0.1) is 6.21 Å². The Morgan fingerprint density at radius 2 is 1.86 bits per heavy atom. The van der Waals surface area contributed by atoms with Crippen LogP contribution in [0.3, 0.4) is 0 Å². The number of nitrogens with zero attached hydrogens (tertiary/aromatic N) is 1. The van der Waals surface area contributed by atoms with E-state index in [0.717, 1.165) is 29.2 Å². The van der Waals surface area contributed by atoms with Crippen molar-refractivity contribution in [2.75, 3.05) is 6.54 Å². The van der Waals surface area contributed by atoms with E-state index in [-0.39, 0.29) is 0 Å². The summed E-state index contributed by atoms with van der Waals surface area (Å²) in [4.78, 5) is 23.0. The van der Waals surface area contributed by atoms with Crippen LogP contribution in [0.5, 0.6) is 0 Å². The molecule has 22 heavy (non-hydrogen) atoms. The van der Waals surface area contributed by atoms with Crippen LogP contribution in [0.15, 0.2) is 47.6 Å². The van der Waals surface area contributed by atoms with E-state index in [4.69, 9.17) is 0 Å². The van der Waals surface area contributed by atoms with E-state index >= 15 is 0 Å². The molecule has 114 valence electrons. The Balaban J connectivity index is 1.97. The zero-order valence-corrected chi connectivity index (χ0v) is 12.5. The van der Waals surface area contributed by atoms with Crippen LogP contribution in [0.25, 0.3) is 10.8 Å². The van der Waals surface area contributed by atoms with Crippen molar-refractivity contribution in [3.05, 3.63) is 48.0 Å². The number of unbranched alkanes of at least 4 members (excludes halogenated alkanes) is 1. The molecule has 0 heterocycles. The lowest BCUT2D eigenvalue weighted by Crippen LogP contribution is -2.38. The van der Waals surface area contributed by atoms with Crippen LogP contribution in [0.1, 0.15) is 25.3 Å². The van der Waals surface area contributed by atoms with Crippen molar-refractivity contribution in [3.8, 4) is 0 Å². The molecule has 0 aliphatic carbocycles. The minimum Gasteiger partial charge on any atom is -0.348 e. The molecule has 0 fully saturated rings. The van der Waals surface area contributed by atoms with E-state index in [9.17, 15) is 9.59 Å². The van der Waals surface area contributed by atoms with Crippen LogP contribution in [-0.2, 0) is 9.59 Å². The topological polar surface area (TPSA) is 70.6 Å². The molecule has 0 aliphatic rings. The number of hydrazone groups is 1. The molecule has 2 aromatic rings. The first-order chi connectivity index (χ1) is 10.7. The number of amides is 2. The van der Waals surface area contributed by atoms with Gasteiger partial charge in [-0.3, -0.25) is 9.59 Å². The number of fused-ring (bicyclic) bond motifs is 1. The number of carbonyl (C=O) groups excluding carboxylic acids is 2. The van der Waals surface area contributed by atoms with Crippen molar-refractivity contribution in [2.24, 2.45) is 5.10 Å². The van der Waals surface area contributed by atoms with Crippen LogP contribution >= 0.6 is 0 Å². The molecular weight excluding hydrogens is 278 g/mol. The maximum Gasteiger partial charge on any atom is 0.329 e. The highest BCUT2D eigenvalue weighted by Crippen LogP contribution is 2.16. The Morgan fingerprint density at radius 1 is 1.09 bits per heavy atom. The molecule has 0 saturated carbocycles. The fraction of sp³-hybridized carbons (Fsp3) is 0.235. The number of rotatable bonds is 5. The lowest BCUT2D eigenvalue weighted by Gasteiger charge is -2.03. The lowest BCUT2D eigenvalue weighted by atomic mass is 10.1. The largest absolute Gasteiger partial charge is 0.348 e. The predicted molar refractivity (Wildman–Crippen MR) is 87.6 cm³/mol. The highest BCUT2D eigenvalue weighted by atomic mass is 16.2. The molecule has 2 amide bonds. The molecule has 0 aromatic heterocycles. The van der Waals surface area contributed by atoms with E-state index in [1.165, 1.54) is 0 Å². The second-order valence-corrected chi connectivity index (χ2v) is 4.88. The van der Waals surface area contributed by atoms with Crippen LogP contribution in [0.2, 0.25) is 0 Å². The summed E-state index contributed by atoms with van der Waals surface area (Å²) in [5, 5.41) is 8.52. The fourth-order valence-electron chi connectivity index (χ4n) is 2.03. The van der Waals surface area contributed by atoms with Crippen LogP contribution < -0.4 is 10.7 Å². The molecule has 0 atom stereocenters. The monoisotopic (exact) mass is 297 g/mol. The zero-order valence-electron chi connectivity index (χ0n) is 12.5. The van der Waals surface area contributed by atoms with Crippen LogP contribution in [-0.4, -0.2) is 24.6 Å². The molecule has 0 unspecified atom stereocenters. The van der Waals surface area contributed by atoms with Gasteiger partial charge in [0.1, 0.15) is 0 Å². The quantitative estimate of drug-likeness (QED) is 0.384. The van der Waals surface area contributed by atoms with Gasteiger partial charge >= 0.3 is 11.8 Å².